The van der Waals surface area contributed by atoms with Crippen molar-refractivity contribution in [3.63, 3.8) is 0 Å². The molecule has 0 bridgehead atoms. The van der Waals surface area contributed by atoms with Crippen molar-refractivity contribution in [1.82, 2.24) is 9.97 Å². The van der Waals surface area contributed by atoms with Crippen molar-refractivity contribution in [2.45, 2.75) is 18.9 Å². The summed E-state index contributed by atoms with van der Waals surface area (Å²) in [7, 11) is 0. The number of nitrogens with one attached hydrogen (secondary N) is 1. The zero-order chi connectivity index (χ0) is 10.5. The lowest BCUT2D eigenvalue weighted by Gasteiger charge is -2.08. The normalized spacial score (nSPS) is 12.6. The summed E-state index contributed by atoms with van der Waals surface area (Å²) in [6.45, 7) is 0. The fourth-order valence-electron chi connectivity index (χ4n) is 1.58. The van der Waals surface area contributed by atoms with Crippen molar-refractivity contribution in [2.24, 2.45) is 5.73 Å². The fraction of sp³-hybridized carbons (Fsp3) is 0.250. The Labute approximate surface area is 89.4 Å². The van der Waals surface area contributed by atoms with E-state index in [4.69, 9.17) is 5.73 Å². The highest BCUT2D eigenvalue weighted by atomic mass is 14.9. The maximum Gasteiger partial charge on any atom is 0.123 e. The highest BCUT2D eigenvalue weighted by molar-refractivity contribution is 5.15. The first kappa shape index (κ1) is 9.93. The lowest BCUT2D eigenvalue weighted by atomic mass is 10.1. The molecule has 1 atom stereocenters. The zero-order valence-corrected chi connectivity index (χ0v) is 8.56. The summed E-state index contributed by atoms with van der Waals surface area (Å²) in [5, 5.41) is 0. The predicted molar refractivity (Wildman–Crippen MR) is 60.3 cm³/mol. The molecule has 1 unspecified atom stereocenters. The largest absolute Gasteiger partial charge is 0.347 e. The van der Waals surface area contributed by atoms with Crippen LogP contribution in [0.15, 0.2) is 42.7 Å². The topological polar surface area (TPSA) is 54.7 Å². The number of nitrogens with zero attached hydrogens (tertiary/aromatic N) is 1. The van der Waals surface area contributed by atoms with Crippen LogP contribution in [0.25, 0.3) is 0 Å². The molecule has 0 amide bonds. The van der Waals surface area contributed by atoms with Crippen LogP contribution in [-0.2, 0) is 6.42 Å². The molecular formula is C12H15N3. The molecule has 0 aliphatic rings. The highest BCUT2D eigenvalue weighted by Gasteiger charge is 2.07. The van der Waals surface area contributed by atoms with E-state index in [-0.39, 0.29) is 6.04 Å². The van der Waals surface area contributed by atoms with Gasteiger partial charge in [-0.3, -0.25) is 0 Å². The number of aryl methyl sites for hydroxylation is 1. The fourth-order valence-corrected chi connectivity index (χ4v) is 1.58. The van der Waals surface area contributed by atoms with E-state index in [0.29, 0.717) is 0 Å². The van der Waals surface area contributed by atoms with Crippen LogP contribution in [0.1, 0.15) is 23.9 Å². The lowest BCUT2D eigenvalue weighted by molar-refractivity contribution is 0.619. The molecule has 3 heteroatoms. The Kier molecular flexibility index (Phi) is 3.15. The third kappa shape index (κ3) is 2.67. The zero-order valence-electron chi connectivity index (χ0n) is 8.56. The molecule has 3 N–H and O–H groups in total. The van der Waals surface area contributed by atoms with Gasteiger partial charge in [-0.1, -0.05) is 30.3 Å². The molecule has 0 fully saturated rings. The van der Waals surface area contributed by atoms with Gasteiger partial charge in [0, 0.05) is 12.4 Å². The Bertz CT molecular complexity index is 381. The molecule has 0 saturated heterocycles. The molecular weight excluding hydrogens is 186 g/mol. The van der Waals surface area contributed by atoms with E-state index in [0.717, 1.165) is 18.7 Å². The molecule has 2 rings (SSSR count). The Morgan fingerprint density at radius 1 is 1.27 bits per heavy atom. The molecule has 0 radical (unpaired) electrons. The molecule has 1 aromatic heterocycles. The van der Waals surface area contributed by atoms with Gasteiger partial charge in [0.05, 0.1) is 6.04 Å². The first-order valence-corrected chi connectivity index (χ1v) is 5.15. The lowest BCUT2D eigenvalue weighted by Crippen LogP contribution is -2.12. The van der Waals surface area contributed by atoms with Crippen LogP contribution in [0.2, 0.25) is 0 Å². The standard InChI is InChI=1S/C12H15N3/c13-11(12-14-8-9-15-12)7-6-10-4-2-1-3-5-10/h1-5,8-9,11H,6-7,13H2,(H,14,15). The number of nitrogens with two attached hydrogens (primary N) is 1. The van der Waals surface area contributed by atoms with Crippen molar-refractivity contribution in [1.29, 1.82) is 0 Å². The van der Waals surface area contributed by atoms with Crippen molar-refractivity contribution < 1.29 is 0 Å². The summed E-state index contributed by atoms with van der Waals surface area (Å²) in [6.07, 6.45) is 5.44. The molecule has 0 aliphatic heterocycles. The summed E-state index contributed by atoms with van der Waals surface area (Å²) >= 11 is 0. The SMILES string of the molecule is NC(CCc1ccccc1)c1ncc[nH]1. The minimum atomic E-state index is 0.000191. The Balaban J connectivity index is 1.89. The molecule has 3 nitrogen and oxygen atoms in total. The molecule has 1 aromatic carbocycles. The Morgan fingerprint density at radius 3 is 2.73 bits per heavy atom. The Morgan fingerprint density at radius 2 is 2.07 bits per heavy atom. The third-order valence-corrected chi connectivity index (χ3v) is 2.46. The number of imidazole rings is 1. The van der Waals surface area contributed by atoms with E-state index in [9.17, 15) is 0 Å². The van der Waals surface area contributed by atoms with E-state index < -0.39 is 0 Å². The van der Waals surface area contributed by atoms with Gasteiger partial charge in [-0.15, -0.1) is 0 Å². The van der Waals surface area contributed by atoms with Gasteiger partial charge in [0.25, 0.3) is 0 Å². The maximum atomic E-state index is 5.99. The first-order valence-electron chi connectivity index (χ1n) is 5.15. The van der Waals surface area contributed by atoms with Crippen LogP contribution in [-0.4, -0.2) is 9.97 Å². The third-order valence-electron chi connectivity index (χ3n) is 2.46. The van der Waals surface area contributed by atoms with Gasteiger partial charge in [-0.2, -0.15) is 0 Å². The number of aromatic nitrogens is 2. The average Bonchev–Trinajstić information content (AvgIpc) is 2.81. The highest BCUT2D eigenvalue weighted by Crippen LogP contribution is 2.12. The second-order valence-corrected chi connectivity index (χ2v) is 3.61. The minimum absolute atomic E-state index is 0.000191. The van der Waals surface area contributed by atoms with Crippen LogP contribution < -0.4 is 5.73 Å². The van der Waals surface area contributed by atoms with Crippen LogP contribution >= 0.6 is 0 Å². The van der Waals surface area contributed by atoms with Gasteiger partial charge in [0.2, 0.25) is 0 Å². The summed E-state index contributed by atoms with van der Waals surface area (Å²) in [5.41, 5.74) is 7.31. The average molecular weight is 201 g/mol. The van der Waals surface area contributed by atoms with E-state index in [1.165, 1.54) is 5.56 Å². The van der Waals surface area contributed by atoms with Gasteiger partial charge in [-0.25, -0.2) is 4.98 Å². The van der Waals surface area contributed by atoms with Crippen molar-refractivity contribution in [3.8, 4) is 0 Å². The minimum Gasteiger partial charge on any atom is -0.347 e. The summed E-state index contributed by atoms with van der Waals surface area (Å²) in [6, 6.07) is 10.4. The van der Waals surface area contributed by atoms with Crippen LogP contribution in [0, 0.1) is 0 Å². The molecule has 0 aliphatic carbocycles. The van der Waals surface area contributed by atoms with Gasteiger partial charge in [0.1, 0.15) is 5.82 Å². The number of benzene rings is 1. The van der Waals surface area contributed by atoms with Crippen LogP contribution in [0.5, 0.6) is 0 Å². The molecule has 78 valence electrons. The van der Waals surface area contributed by atoms with Crippen molar-refractivity contribution in [2.75, 3.05) is 0 Å². The second-order valence-electron chi connectivity index (χ2n) is 3.61. The van der Waals surface area contributed by atoms with Crippen LogP contribution in [0.4, 0.5) is 0 Å². The monoisotopic (exact) mass is 201 g/mol. The molecule has 0 saturated carbocycles. The number of hydrogen-bond donors (Lipinski definition) is 2. The van der Waals surface area contributed by atoms with Gasteiger partial charge in [-0.05, 0) is 18.4 Å². The molecule has 0 spiro atoms. The molecule has 2 aromatic rings. The molecule has 15 heavy (non-hydrogen) atoms. The molecule has 1 heterocycles. The van der Waals surface area contributed by atoms with Gasteiger partial charge in [0.15, 0.2) is 0 Å². The predicted octanol–water partition coefficient (Wildman–Crippen LogP) is 2.04. The van der Waals surface area contributed by atoms with Crippen molar-refractivity contribution in [3.05, 3.63) is 54.1 Å². The van der Waals surface area contributed by atoms with E-state index in [1.807, 2.05) is 18.2 Å². The van der Waals surface area contributed by atoms with Crippen LogP contribution in [0.3, 0.4) is 0 Å². The number of hydrogen-bond acceptors (Lipinski definition) is 2. The number of aromatic amines is 1. The second kappa shape index (κ2) is 4.75. The number of H-pyrrole nitrogens is 1. The van der Waals surface area contributed by atoms with E-state index in [2.05, 4.69) is 22.1 Å². The summed E-state index contributed by atoms with van der Waals surface area (Å²) in [4.78, 5) is 7.18. The van der Waals surface area contributed by atoms with Gasteiger partial charge >= 0.3 is 0 Å². The summed E-state index contributed by atoms with van der Waals surface area (Å²) in [5.74, 6) is 0.867. The quantitative estimate of drug-likeness (QED) is 0.795. The smallest absolute Gasteiger partial charge is 0.123 e. The van der Waals surface area contributed by atoms with E-state index >= 15 is 0 Å². The summed E-state index contributed by atoms with van der Waals surface area (Å²) < 4.78 is 0. The van der Waals surface area contributed by atoms with Crippen molar-refractivity contribution >= 4 is 0 Å². The van der Waals surface area contributed by atoms with Gasteiger partial charge < -0.3 is 10.7 Å². The maximum absolute atomic E-state index is 5.99. The first-order chi connectivity index (χ1) is 7.36. The van der Waals surface area contributed by atoms with E-state index in [1.54, 1.807) is 12.4 Å². The Hall–Kier alpha value is -1.61. The number of rotatable bonds is 4.